The molecular formula is C12H15N. The van der Waals surface area contributed by atoms with E-state index in [1.54, 1.807) is 0 Å². The lowest BCUT2D eigenvalue weighted by Gasteiger charge is -2.19. The lowest BCUT2D eigenvalue weighted by atomic mass is 10.2. The molecule has 0 unspecified atom stereocenters. The van der Waals surface area contributed by atoms with Crippen LogP contribution in [0.1, 0.15) is 12.0 Å². The van der Waals surface area contributed by atoms with E-state index in [0.29, 0.717) is 0 Å². The Morgan fingerprint density at radius 1 is 1.38 bits per heavy atom. The van der Waals surface area contributed by atoms with Crippen LogP contribution in [0.15, 0.2) is 24.3 Å². The molecule has 0 aliphatic carbocycles. The Labute approximate surface area is 80.4 Å². The van der Waals surface area contributed by atoms with Crippen molar-refractivity contribution in [1.29, 1.82) is 0 Å². The maximum atomic E-state index is 5.22. The Morgan fingerprint density at radius 2 is 2.08 bits per heavy atom. The van der Waals surface area contributed by atoms with E-state index in [-0.39, 0.29) is 0 Å². The highest BCUT2D eigenvalue weighted by Gasteiger charge is 2.01. The number of anilines is 1. The number of nitrogens with zero attached hydrogens (tertiary/aromatic N) is 1. The lowest BCUT2D eigenvalue weighted by molar-refractivity contribution is 0.908. The fraction of sp³-hybridized carbons (Fsp3) is 0.333. The standard InChI is InChI=1S/C12H15N/c1-4-5-10-13(3)12-9-7-6-8-11(12)2/h1,6-9H,5,10H2,2-3H3. The second-order valence-electron chi connectivity index (χ2n) is 3.16. The van der Waals surface area contributed by atoms with E-state index < -0.39 is 0 Å². The number of hydrogen-bond acceptors (Lipinski definition) is 1. The predicted molar refractivity (Wildman–Crippen MR) is 57.9 cm³/mol. The van der Waals surface area contributed by atoms with Crippen LogP contribution in [-0.4, -0.2) is 13.6 Å². The van der Waals surface area contributed by atoms with E-state index in [2.05, 4.69) is 43.0 Å². The Balaban J connectivity index is 2.72. The molecule has 0 amide bonds. The molecule has 0 aliphatic rings. The minimum atomic E-state index is 0.796. The zero-order chi connectivity index (χ0) is 9.68. The fourth-order valence-electron chi connectivity index (χ4n) is 1.34. The van der Waals surface area contributed by atoms with Gasteiger partial charge in [0.2, 0.25) is 0 Å². The van der Waals surface area contributed by atoms with Crippen molar-refractivity contribution in [2.45, 2.75) is 13.3 Å². The largest absolute Gasteiger partial charge is 0.373 e. The summed E-state index contributed by atoms with van der Waals surface area (Å²) in [5.74, 6) is 2.65. The molecule has 0 saturated heterocycles. The van der Waals surface area contributed by atoms with Gasteiger partial charge in [0.05, 0.1) is 0 Å². The van der Waals surface area contributed by atoms with E-state index in [9.17, 15) is 0 Å². The van der Waals surface area contributed by atoms with Gasteiger partial charge in [0, 0.05) is 25.7 Å². The first-order valence-corrected chi connectivity index (χ1v) is 4.46. The molecule has 68 valence electrons. The van der Waals surface area contributed by atoms with E-state index in [0.717, 1.165) is 13.0 Å². The molecule has 0 fully saturated rings. The molecule has 1 nitrogen and oxygen atoms in total. The molecule has 0 heterocycles. The van der Waals surface area contributed by atoms with Gasteiger partial charge in [-0.15, -0.1) is 12.3 Å². The molecule has 0 atom stereocenters. The Bertz CT molecular complexity index is 309. The van der Waals surface area contributed by atoms with Crippen molar-refractivity contribution >= 4 is 5.69 Å². The SMILES string of the molecule is C#CCCN(C)c1ccccc1C. The van der Waals surface area contributed by atoms with Crippen LogP contribution in [0.2, 0.25) is 0 Å². The average Bonchev–Trinajstić information content (AvgIpc) is 2.15. The topological polar surface area (TPSA) is 3.24 Å². The lowest BCUT2D eigenvalue weighted by Crippen LogP contribution is -2.18. The number of para-hydroxylation sites is 1. The quantitative estimate of drug-likeness (QED) is 0.635. The van der Waals surface area contributed by atoms with Crippen LogP contribution < -0.4 is 4.90 Å². The molecule has 13 heavy (non-hydrogen) atoms. The number of benzene rings is 1. The van der Waals surface area contributed by atoms with Crippen LogP contribution in [0, 0.1) is 19.3 Å². The Morgan fingerprint density at radius 3 is 2.69 bits per heavy atom. The van der Waals surface area contributed by atoms with E-state index in [1.807, 2.05) is 6.07 Å². The minimum absolute atomic E-state index is 0.796. The number of hydrogen-bond donors (Lipinski definition) is 0. The summed E-state index contributed by atoms with van der Waals surface area (Å²) in [5, 5.41) is 0. The average molecular weight is 173 g/mol. The molecule has 1 heteroatoms. The third kappa shape index (κ3) is 2.52. The maximum Gasteiger partial charge on any atom is 0.0393 e. The van der Waals surface area contributed by atoms with Crippen LogP contribution in [0.3, 0.4) is 0 Å². The van der Waals surface area contributed by atoms with Crippen molar-refractivity contribution in [2.75, 3.05) is 18.5 Å². The predicted octanol–water partition coefficient (Wildman–Crippen LogP) is 2.45. The van der Waals surface area contributed by atoms with Crippen molar-refractivity contribution in [1.82, 2.24) is 0 Å². The van der Waals surface area contributed by atoms with Gasteiger partial charge in [0.15, 0.2) is 0 Å². The number of rotatable bonds is 3. The van der Waals surface area contributed by atoms with Crippen molar-refractivity contribution in [3.05, 3.63) is 29.8 Å². The van der Waals surface area contributed by atoms with Crippen LogP contribution in [0.4, 0.5) is 5.69 Å². The van der Waals surface area contributed by atoms with E-state index in [1.165, 1.54) is 11.3 Å². The summed E-state index contributed by atoms with van der Waals surface area (Å²) in [5.41, 5.74) is 2.56. The fourth-order valence-corrected chi connectivity index (χ4v) is 1.34. The van der Waals surface area contributed by atoms with Crippen molar-refractivity contribution in [3.8, 4) is 12.3 Å². The molecule has 0 radical (unpaired) electrons. The van der Waals surface area contributed by atoms with Crippen molar-refractivity contribution in [3.63, 3.8) is 0 Å². The van der Waals surface area contributed by atoms with Crippen LogP contribution in [0.5, 0.6) is 0 Å². The molecule has 1 rings (SSSR count). The Kier molecular flexibility index (Phi) is 3.40. The first-order chi connectivity index (χ1) is 6.25. The summed E-state index contributed by atoms with van der Waals surface area (Å²) in [6, 6.07) is 8.33. The highest BCUT2D eigenvalue weighted by molar-refractivity contribution is 5.52. The summed E-state index contributed by atoms with van der Waals surface area (Å²) >= 11 is 0. The highest BCUT2D eigenvalue weighted by Crippen LogP contribution is 2.17. The third-order valence-corrected chi connectivity index (χ3v) is 2.12. The van der Waals surface area contributed by atoms with Gasteiger partial charge in [0.25, 0.3) is 0 Å². The van der Waals surface area contributed by atoms with Crippen molar-refractivity contribution in [2.24, 2.45) is 0 Å². The first-order valence-electron chi connectivity index (χ1n) is 4.46. The molecule has 0 aliphatic heterocycles. The molecule has 0 saturated carbocycles. The zero-order valence-corrected chi connectivity index (χ0v) is 8.25. The van der Waals surface area contributed by atoms with Gasteiger partial charge >= 0.3 is 0 Å². The van der Waals surface area contributed by atoms with Gasteiger partial charge in [-0.05, 0) is 18.6 Å². The summed E-state index contributed by atoms with van der Waals surface area (Å²) in [6.45, 7) is 3.03. The van der Waals surface area contributed by atoms with Crippen LogP contribution >= 0.6 is 0 Å². The summed E-state index contributed by atoms with van der Waals surface area (Å²) in [7, 11) is 2.07. The van der Waals surface area contributed by atoms with Gasteiger partial charge in [-0.1, -0.05) is 18.2 Å². The van der Waals surface area contributed by atoms with E-state index >= 15 is 0 Å². The van der Waals surface area contributed by atoms with Gasteiger partial charge in [-0.25, -0.2) is 0 Å². The normalized spacial score (nSPS) is 9.31. The second kappa shape index (κ2) is 4.57. The summed E-state index contributed by atoms with van der Waals surface area (Å²) in [4.78, 5) is 2.19. The number of terminal acetylenes is 1. The Hall–Kier alpha value is -1.42. The third-order valence-electron chi connectivity index (χ3n) is 2.12. The molecule has 0 bridgehead atoms. The molecule has 0 N–H and O–H groups in total. The minimum Gasteiger partial charge on any atom is -0.373 e. The molecule has 1 aromatic rings. The number of aryl methyl sites for hydroxylation is 1. The maximum absolute atomic E-state index is 5.22. The van der Waals surface area contributed by atoms with E-state index in [4.69, 9.17) is 6.42 Å². The second-order valence-corrected chi connectivity index (χ2v) is 3.16. The molecule has 1 aromatic carbocycles. The van der Waals surface area contributed by atoms with Gasteiger partial charge in [-0.2, -0.15) is 0 Å². The smallest absolute Gasteiger partial charge is 0.0393 e. The monoisotopic (exact) mass is 173 g/mol. The van der Waals surface area contributed by atoms with Gasteiger partial charge in [-0.3, -0.25) is 0 Å². The van der Waals surface area contributed by atoms with Crippen LogP contribution in [0.25, 0.3) is 0 Å². The van der Waals surface area contributed by atoms with Crippen LogP contribution in [-0.2, 0) is 0 Å². The molecule has 0 spiro atoms. The molecular weight excluding hydrogens is 158 g/mol. The highest BCUT2D eigenvalue weighted by atomic mass is 15.1. The van der Waals surface area contributed by atoms with Gasteiger partial charge in [0.1, 0.15) is 0 Å². The zero-order valence-electron chi connectivity index (χ0n) is 8.25. The van der Waals surface area contributed by atoms with Crippen molar-refractivity contribution < 1.29 is 0 Å². The van der Waals surface area contributed by atoms with Gasteiger partial charge < -0.3 is 4.90 Å². The first kappa shape index (κ1) is 9.67. The molecule has 0 aromatic heterocycles. The summed E-state index contributed by atoms with van der Waals surface area (Å²) in [6.07, 6.45) is 6.01. The summed E-state index contributed by atoms with van der Waals surface area (Å²) < 4.78 is 0.